The number of fused-ring (bicyclic) bond motifs is 1. The molecule has 2 aromatic heterocycles. The lowest BCUT2D eigenvalue weighted by Crippen LogP contribution is -1.93. The molecule has 0 atom stereocenters. The van der Waals surface area contributed by atoms with Crippen molar-refractivity contribution in [3.05, 3.63) is 46.7 Å². The minimum atomic E-state index is -0.733. The van der Waals surface area contributed by atoms with E-state index in [9.17, 15) is 8.78 Å². The summed E-state index contributed by atoms with van der Waals surface area (Å²) in [6.45, 7) is 4.00. The first-order chi connectivity index (χ1) is 12.5. The third-order valence-electron chi connectivity index (χ3n) is 3.16. The van der Waals surface area contributed by atoms with Gasteiger partial charge in [-0.3, -0.25) is 3.97 Å². The largest absolute Gasteiger partial charge is 0.493 e. The summed E-state index contributed by atoms with van der Waals surface area (Å²) in [5, 5.41) is 0.779. The second-order valence-electron chi connectivity index (χ2n) is 4.43. The van der Waals surface area contributed by atoms with Crippen LogP contribution in [0.1, 0.15) is 13.8 Å². The number of hydrogen-bond acceptors (Lipinski definition) is 4. The second kappa shape index (κ2) is 11.4. The van der Waals surface area contributed by atoms with Crippen molar-refractivity contribution >= 4 is 69.9 Å². The molecule has 0 aliphatic rings. The fraction of sp³-hybridized carbons (Fsp3) is 0.235. The highest BCUT2D eigenvalue weighted by Gasteiger charge is 2.19. The lowest BCUT2D eigenvalue weighted by Gasteiger charge is -2.09. The van der Waals surface area contributed by atoms with E-state index in [4.69, 9.17) is 4.74 Å². The molecule has 3 aromatic rings. The Hall–Kier alpha value is -0.520. The Morgan fingerprint density at radius 3 is 2.42 bits per heavy atom. The summed E-state index contributed by atoms with van der Waals surface area (Å²) in [4.78, 5) is 4.36. The Morgan fingerprint density at radius 1 is 1.19 bits per heavy atom. The van der Waals surface area contributed by atoms with Gasteiger partial charge in [0, 0.05) is 69.8 Å². The van der Waals surface area contributed by atoms with Gasteiger partial charge in [0.25, 0.3) is 0 Å². The monoisotopic (exact) mass is 574 g/mol. The van der Waals surface area contributed by atoms with Crippen LogP contribution in [-0.2, 0) is 0 Å². The van der Waals surface area contributed by atoms with Gasteiger partial charge in [-0.1, -0.05) is 13.8 Å². The van der Waals surface area contributed by atoms with Crippen LogP contribution < -0.4 is 4.74 Å². The van der Waals surface area contributed by atoms with Crippen molar-refractivity contribution < 1.29 is 13.5 Å². The number of thiol groups is 1. The van der Waals surface area contributed by atoms with Gasteiger partial charge < -0.3 is 4.74 Å². The molecule has 0 aliphatic carbocycles. The van der Waals surface area contributed by atoms with Gasteiger partial charge in [0.05, 0.1) is 7.11 Å². The maximum atomic E-state index is 14.0. The smallest absolute Gasteiger partial charge is 0.168 e. The van der Waals surface area contributed by atoms with Gasteiger partial charge in [0.1, 0.15) is 5.82 Å². The highest BCUT2D eigenvalue weighted by molar-refractivity contribution is 14.2. The zero-order valence-electron chi connectivity index (χ0n) is 14.6. The fourth-order valence-corrected chi connectivity index (χ4v) is 3.88. The van der Waals surface area contributed by atoms with Gasteiger partial charge in [0.15, 0.2) is 17.2 Å². The van der Waals surface area contributed by atoms with Gasteiger partial charge in [-0.15, -0.1) is 0 Å². The third-order valence-corrected chi connectivity index (χ3v) is 5.29. The van der Waals surface area contributed by atoms with E-state index in [1.54, 1.807) is 18.6 Å². The summed E-state index contributed by atoms with van der Waals surface area (Å²) in [5.41, 5.74) is 1.72. The van der Waals surface area contributed by atoms with E-state index in [-0.39, 0.29) is 5.75 Å². The number of halogens is 4. The first-order valence-electron chi connectivity index (χ1n) is 7.49. The Labute approximate surface area is 182 Å². The Morgan fingerprint density at radius 2 is 1.85 bits per heavy atom. The molecule has 0 saturated carbocycles. The van der Waals surface area contributed by atoms with E-state index >= 15 is 0 Å². The molecule has 0 fully saturated rings. The first-order valence-corrected chi connectivity index (χ1v) is 12.5. The topological polar surface area (TPSA) is 27.1 Å². The molecule has 0 N–H and O–H groups in total. The van der Waals surface area contributed by atoms with Crippen LogP contribution in [0.3, 0.4) is 0 Å². The lowest BCUT2D eigenvalue weighted by molar-refractivity contribution is 0.386. The third kappa shape index (κ3) is 5.05. The molecule has 9 heteroatoms. The minimum absolute atomic E-state index is 0.0129. The van der Waals surface area contributed by atoms with E-state index in [0.29, 0.717) is 16.8 Å². The van der Waals surface area contributed by atoms with Crippen LogP contribution in [0, 0.1) is 11.6 Å². The molecule has 0 unspecified atom stereocenters. The molecule has 142 valence electrons. The summed E-state index contributed by atoms with van der Waals surface area (Å²) in [5.74, 6) is -1.37. The quantitative estimate of drug-likeness (QED) is 0.265. The van der Waals surface area contributed by atoms with Gasteiger partial charge in [-0.25, -0.2) is 13.8 Å². The number of rotatable bonds is 3. The SMILES string of the molecule is CC.COc1c(F)cc(F)cc1-c1cn(SI)c2ncc(Br)cc12.CS. The maximum absolute atomic E-state index is 14.0. The summed E-state index contributed by atoms with van der Waals surface area (Å²) in [6, 6.07) is 3.94. The van der Waals surface area contributed by atoms with Crippen LogP contribution >= 0.6 is 58.9 Å². The predicted octanol–water partition coefficient (Wildman–Crippen LogP) is 7.17. The lowest BCUT2D eigenvalue weighted by atomic mass is 10.0. The fourth-order valence-electron chi connectivity index (χ4n) is 2.29. The van der Waals surface area contributed by atoms with Crippen LogP contribution in [0.15, 0.2) is 35.1 Å². The van der Waals surface area contributed by atoms with Crippen LogP contribution in [-0.4, -0.2) is 22.3 Å². The average Bonchev–Trinajstić information content (AvgIpc) is 3.02. The molecular weight excluding hydrogens is 557 g/mol. The zero-order valence-corrected chi connectivity index (χ0v) is 20.0. The van der Waals surface area contributed by atoms with Crippen molar-refractivity contribution in [1.82, 2.24) is 8.96 Å². The Balaban J connectivity index is 0.000000791. The van der Waals surface area contributed by atoms with Gasteiger partial charge in [-0.05, 0) is 34.3 Å². The number of benzene rings is 1. The number of nitrogens with zero attached hydrogens (tertiary/aromatic N) is 2. The number of pyridine rings is 1. The van der Waals surface area contributed by atoms with Crippen molar-refractivity contribution in [2.24, 2.45) is 0 Å². The molecular formula is C17H18BrF2IN2OS2. The normalized spacial score (nSPS) is 9.88. The van der Waals surface area contributed by atoms with Crippen molar-refractivity contribution in [2.45, 2.75) is 13.8 Å². The Bertz CT molecular complexity index is 878. The van der Waals surface area contributed by atoms with E-state index in [1.165, 1.54) is 22.3 Å². The molecule has 2 heterocycles. The minimum Gasteiger partial charge on any atom is -0.493 e. The maximum Gasteiger partial charge on any atom is 0.168 e. The van der Waals surface area contributed by atoms with E-state index < -0.39 is 11.6 Å². The van der Waals surface area contributed by atoms with Crippen molar-refractivity contribution in [1.29, 1.82) is 0 Å². The number of aromatic nitrogens is 2. The molecule has 26 heavy (non-hydrogen) atoms. The standard InChI is InChI=1S/C14H8BrF2IN2OS.C2H6.CH4S/c1-21-13-9(3-8(16)4-12(13)17)11-6-20(22-18)14-10(11)2-7(15)5-19-14;2*1-2/h2-6H,1H3;1-2H3;2H,1H3. The van der Waals surface area contributed by atoms with Crippen LogP contribution in [0.2, 0.25) is 0 Å². The Kier molecular flexibility index (Phi) is 10.3. The second-order valence-corrected chi connectivity index (χ2v) is 7.06. The van der Waals surface area contributed by atoms with Crippen molar-refractivity contribution in [3.63, 3.8) is 0 Å². The van der Waals surface area contributed by atoms with Crippen LogP contribution in [0.4, 0.5) is 8.78 Å². The average molecular weight is 575 g/mol. The van der Waals surface area contributed by atoms with Crippen molar-refractivity contribution in [3.8, 4) is 16.9 Å². The van der Waals surface area contributed by atoms with E-state index in [0.717, 1.165) is 15.9 Å². The molecule has 0 radical (unpaired) electrons. The highest BCUT2D eigenvalue weighted by atomic mass is 127. The summed E-state index contributed by atoms with van der Waals surface area (Å²) < 4.78 is 35.4. The molecule has 3 rings (SSSR count). The number of ether oxygens (including phenoxy) is 1. The summed E-state index contributed by atoms with van der Waals surface area (Å²) in [6.07, 6.45) is 5.16. The van der Waals surface area contributed by atoms with Crippen LogP contribution in [0.5, 0.6) is 5.75 Å². The molecule has 0 amide bonds. The molecule has 0 spiro atoms. The number of hydrogen-bond donors (Lipinski definition) is 1. The molecule has 0 saturated heterocycles. The number of methoxy groups -OCH3 is 1. The van der Waals surface area contributed by atoms with Gasteiger partial charge >= 0.3 is 0 Å². The van der Waals surface area contributed by atoms with Gasteiger partial charge in [0.2, 0.25) is 0 Å². The highest BCUT2D eigenvalue weighted by Crippen LogP contribution is 2.40. The first kappa shape index (κ1) is 23.5. The van der Waals surface area contributed by atoms with Crippen molar-refractivity contribution in [2.75, 3.05) is 13.4 Å². The summed E-state index contributed by atoms with van der Waals surface area (Å²) in [7, 11) is 2.78. The van der Waals surface area contributed by atoms with E-state index in [2.05, 4.69) is 54.7 Å². The predicted molar refractivity (Wildman–Crippen MR) is 123 cm³/mol. The van der Waals surface area contributed by atoms with E-state index in [1.807, 2.05) is 23.9 Å². The summed E-state index contributed by atoms with van der Waals surface area (Å²) >= 11 is 9.03. The zero-order chi connectivity index (χ0) is 19.9. The molecule has 3 nitrogen and oxygen atoms in total. The van der Waals surface area contributed by atoms with Crippen LogP contribution in [0.25, 0.3) is 22.2 Å². The molecule has 0 bridgehead atoms. The molecule has 0 aliphatic heterocycles. The molecule has 1 aromatic carbocycles. The van der Waals surface area contributed by atoms with Gasteiger partial charge in [-0.2, -0.15) is 12.6 Å².